The Hall–Kier alpha value is -6.20. The lowest BCUT2D eigenvalue weighted by atomic mass is 10.1. The van der Waals surface area contributed by atoms with E-state index in [9.17, 15) is 0 Å². The van der Waals surface area contributed by atoms with Crippen LogP contribution in [0.1, 0.15) is 0 Å². The minimum atomic E-state index is 0.815. The zero-order valence-electron chi connectivity index (χ0n) is 24.1. The maximum absolute atomic E-state index is 6.17. The first-order valence-electron chi connectivity index (χ1n) is 15.1. The van der Waals surface area contributed by atoms with Gasteiger partial charge in [-0.25, -0.2) is 4.98 Å². The van der Waals surface area contributed by atoms with E-state index in [0.717, 1.165) is 66.8 Å². The second kappa shape index (κ2) is 9.15. The molecule has 0 bridgehead atoms. The summed E-state index contributed by atoms with van der Waals surface area (Å²) >= 11 is 0. The summed E-state index contributed by atoms with van der Waals surface area (Å²) in [5.41, 5.74) is 9.29. The molecule has 0 unspecified atom stereocenters. The topological polar surface area (TPSA) is 48.8 Å². The number of rotatable bonds is 3. The number of para-hydroxylation sites is 3. The van der Waals surface area contributed by atoms with Crippen LogP contribution in [-0.4, -0.2) is 19.1 Å². The number of fused-ring (bicyclic) bond motifs is 10. The van der Waals surface area contributed by atoms with E-state index >= 15 is 0 Å². The molecule has 0 aliphatic carbocycles. The van der Waals surface area contributed by atoms with Gasteiger partial charge < -0.3 is 8.98 Å². The second-order valence-electron chi connectivity index (χ2n) is 11.4. The Morgan fingerprint density at radius 3 is 1.82 bits per heavy atom. The standard InChI is InChI=1S/C40H24N4O/c1-2-10-25(11-3-1)39-40(42-23-22-41-39)44-32-16-8-5-14-29(32)38-34(44)20-19-33-37(38)28-13-4-7-15-31(28)43(33)26-18-21-36-30(24-26)27-12-6-9-17-35(27)45-36/h1-24H. The fraction of sp³-hybridized carbons (Fsp3) is 0. The molecule has 0 saturated heterocycles. The first kappa shape index (κ1) is 24.3. The summed E-state index contributed by atoms with van der Waals surface area (Å²) in [5, 5.41) is 7.06. The van der Waals surface area contributed by atoms with Gasteiger partial charge in [0.25, 0.3) is 0 Å². The second-order valence-corrected chi connectivity index (χ2v) is 11.4. The molecular formula is C40H24N4O. The minimum Gasteiger partial charge on any atom is -0.456 e. The van der Waals surface area contributed by atoms with E-state index < -0.39 is 0 Å². The van der Waals surface area contributed by atoms with E-state index in [1.54, 1.807) is 12.4 Å². The Kier molecular flexibility index (Phi) is 4.93. The molecule has 0 spiro atoms. The number of aromatic nitrogens is 4. The molecule has 0 atom stereocenters. The van der Waals surface area contributed by atoms with E-state index in [0.29, 0.717) is 0 Å². The number of nitrogens with zero attached hydrogens (tertiary/aromatic N) is 4. The summed E-state index contributed by atoms with van der Waals surface area (Å²) in [7, 11) is 0. The molecule has 0 fully saturated rings. The lowest BCUT2D eigenvalue weighted by Gasteiger charge is -2.12. The van der Waals surface area contributed by atoms with Crippen molar-refractivity contribution in [3.63, 3.8) is 0 Å². The first-order valence-corrected chi connectivity index (χ1v) is 15.1. The highest BCUT2D eigenvalue weighted by atomic mass is 16.3. The van der Waals surface area contributed by atoms with Crippen molar-refractivity contribution in [3.8, 4) is 22.8 Å². The van der Waals surface area contributed by atoms with Crippen molar-refractivity contribution in [2.24, 2.45) is 0 Å². The highest BCUT2D eigenvalue weighted by molar-refractivity contribution is 6.29. The molecule has 0 amide bonds. The van der Waals surface area contributed by atoms with Crippen molar-refractivity contribution >= 4 is 65.6 Å². The van der Waals surface area contributed by atoms with Crippen molar-refractivity contribution in [2.45, 2.75) is 0 Å². The van der Waals surface area contributed by atoms with E-state index in [1.165, 1.54) is 21.5 Å². The fourth-order valence-electron chi connectivity index (χ4n) is 7.17. The number of benzene rings is 6. The van der Waals surface area contributed by atoms with Crippen LogP contribution in [0.25, 0.3) is 88.3 Å². The zero-order valence-corrected chi connectivity index (χ0v) is 24.1. The van der Waals surface area contributed by atoms with E-state index in [2.05, 4.69) is 112 Å². The van der Waals surface area contributed by atoms with Crippen LogP contribution in [0.15, 0.2) is 150 Å². The van der Waals surface area contributed by atoms with Gasteiger partial charge in [-0.15, -0.1) is 0 Å². The van der Waals surface area contributed by atoms with E-state index in [-0.39, 0.29) is 0 Å². The van der Waals surface area contributed by atoms with Gasteiger partial charge in [-0.2, -0.15) is 0 Å². The normalized spacial score (nSPS) is 12.0. The molecule has 0 radical (unpaired) electrons. The van der Waals surface area contributed by atoms with Crippen LogP contribution < -0.4 is 0 Å². The molecule has 5 nitrogen and oxygen atoms in total. The Morgan fingerprint density at radius 2 is 1.04 bits per heavy atom. The van der Waals surface area contributed by atoms with Crippen molar-refractivity contribution in [3.05, 3.63) is 146 Å². The minimum absolute atomic E-state index is 0.815. The molecule has 0 saturated carbocycles. The Bertz CT molecular complexity index is 2770. The summed E-state index contributed by atoms with van der Waals surface area (Å²) in [5.74, 6) is 0.815. The smallest absolute Gasteiger partial charge is 0.164 e. The van der Waals surface area contributed by atoms with Crippen LogP contribution in [0, 0.1) is 0 Å². The van der Waals surface area contributed by atoms with Gasteiger partial charge in [-0.1, -0.05) is 84.9 Å². The van der Waals surface area contributed by atoms with E-state index in [1.807, 2.05) is 30.3 Å². The summed E-state index contributed by atoms with van der Waals surface area (Å²) in [6, 6.07) is 46.9. The Labute approximate surface area is 257 Å². The third kappa shape index (κ3) is 3.38. The number of furan rings is 1. The lowest BCUT2D eigenvalue weighted by molar-refractivity contribution is 0.669. The van der Waals surface area contributed by atoms with E-state index in [4.69, 9.17) is 14.4 Å². The van der Waals surface area contributed by atoms with Crippen molar-refractivity contribution < 1.29 is 4.42 Å². The number of hydrogen-bond acceptors (Lipinski definition) is 3. The average molecular weight is 577 g/mol. The lowest BCUT2D eigenvalue weighted by Crippen LogP contribution is -2.02. The monoisotopic (exact) mass is 576 g/mol. The molecule has 4 aromatic heterocycles. The largest absolute Gasteiger partial charge is 0.456 e. The maximum atomic E-state index is 6.17. The molecule has 0 aliphatic heterocycles. The van der Waals surface area contributed by atoms with Gasteiger partial charge in [0.05, 0.1) is 22.1 Å². The summed E-state index contributed by atoms with van der Waals surface area (Å²) in [4.78, 5) is 9.75. The predicted octanol–water partition coefficient (Wildman–Crippen LogP) is 10.2. The molecule has 0 aliphatic rings. The summed E-state index contributed by atoms with van der Waals surface area (Å²) in [6.45, 7) is 0. The summed E-state index contributed by atoms with van der Waals surface area (Å²) in [6.07, 6.45) is 3.55. The Balaban J connectivity index is 1.33. The van der Waals surface area contributed by atoms with Gasteiger partial charge in [-0.05, 0) is 48.5 Å². The van der Waals surface area contributed by atoms with Gasteiger partial charge in [0.2, 0.25) is 0 Å². The molecule has 210 valence electrons. The third-order valence-corrected chi connectivity index (χ3v) is 9.03. The van der Waals surface area contributed by atoms with Crippen molar-refractivity contribution in [2.75, 3.05) is 0 Å². The molecule has 6 aromatic carbocycles. The molecule has 4 heterocycles. The highest BCUT2D eigenvalue weighted by Crippen LogP contribution is 2.43. The van der Waals surface area contributed by atoms with Gasteiger partial charge in [-0.3, -0.25) is 9.55 Å². The quantitative estimate of drug-likeness (QED) is 0.210. The van der Waals surface area contributed by atoms with Gasteiger partial charge in [0.15, 0.2) is 5.82 Å². The van der Waals surface area contributed by atoms with Crippen LogP contribution in [-0.2, 0) is 0 Å². The molecular weight excluding hydrogens is 552 g/mol. The van der Waals surface area contributed by atoms with Crippen LogP contribution >= 0.6 is 0 Å². The van der Waals surface area contributed by atoms with Crippen LogP contribution in [0.5, 0.6) is 0 Å². The maximum Gasteiger partial charge on any atom is 0.164 e. The zero-order chi connectivity index (χ0) is 29.5. The van der Waals surface area contributed by atoms with Crippen LogP contribution in [0.4, 0.5) is 0 Å². The van der Waals surface area contributed by atoms with Crippen LogP contribution in [0.2, 0.25) is 0 Å². The molecule has 10 rings (SSSR count). The Morgan fingerprint density at radius 1 is 0.444 bits per heavy atom. The summed E-state index contributed by atoms with van der Waals surface area (Å²) < 4.78 is 10.8. The van der Waals surface area contributed by atoms with Gasteiger partial charge in [0, 0.05) is 56.0 Å². The molecule has 0 N–H and O–H groups in total. The SMILES string of the molecule is c1ccc(-c2nccnc2-n2c3ccccc3c3c4c5ccccc5n(-c5ccc6oc7ccccc7c6c5)c4ccc32)cc1. The highest BCUT2D eigenvalue weighted by Gasteiger charge is 2.22. The molecule has 10 aromatic rings. The van der Waals surface area contributed by atoms with Gasteiger partial charge in [0.1, 0.15) is 16.9 Å². The first-order chi connectivity index (χ1) is 22.3. The molecule has 45 heavy (non-hydrogen) atoms. The third-order valence-electron chi connectivity index (χ3n) is 9.03. The van der Waals surface area contributed by atoms with Crippen LogP contribution in [0.3, 0.4) is 0 Å². The van der Waals surface area contributed by atoms with Crippen molar-refractivity contribution in [1.82, 2.24) is 19.1 Å². The van der Waals surface area contributed by atoms with Crippen molar-refractivity contribution in [1.29, 1.82) is 0 Å². The van der Waals surface area contributed by atoms with Gasteiger partial charge >= 0.3 is 0 Å². The predicted molar refractivity (Wildman–Crippen MR) is 183 cm³/mol. The molecule has 5 heteroatoms. The fourth-order valence-corrected chi connectivity index (χ4v) is 7.17. The average Bonchev–Trinajstić information content (AvgIpc) is 3.76. The number of hydrogen-bond donors (Lipinski definition) is 0.